The molecule has 6 heteroatoms. The average molecular weight is 294 g/mol. The van der Waals surface area contributed by atoms with Crippen molar-refractivity contribution in [2.75, 3.05) is 13.7 Å². The highest BCUT2D eigenvalue weighted by atomic mass is 16.5. The van der Waals surface area contributed by atoms with E-state index in [1.165, 1.54) is 13.2 Å². The Balaban J connectivity index is 2.96. The van der Waals surface area contributed by atoms with Crippen LogP contribution in [0.3, 0.4) is 0 Å². The topological polar surface area (TPSA) is 93.1 Å². The van der Waals surface area contributed by atoms with Gasteiger partial charge in [0.05, 0.1) is 12.5 Å². The molecule has 0 radical (unpaired) electrons. The highest BCUT2D eigenvalue weighted by molar-refractivity contribution is 5.85. The Hall–Kier alpha value is -2.50. The molecule has 0 saturated heterocycles. The zero-order valence-electron chi connectivity index (χ0n) is 12.1. The third-order valence-electron chi connectivity index (χ3n) is 2.77. The number of rotatable bonds is 7. The molecule has 0 aliphatic rings. The molecule has 6 nitrogen and oxygen atoms in total. The first-order chi connectivity index (χ1) is 9.76. The summed E-state index contributed by atoms with van der Waals surface area (Å²) in [6.07, 6.45) is 2.42. The Morgan fingerprint density at radius 1 is 1.24 bits per heavy atom. The van der Waals surface area contributed by atoms with Crippen LogP contribution >= 0.6 is 0 Å². The maximum Gasteiger partial charge on any atom is 0.328 e. The summed E-state index contributed by atoms with van der Waals surface area (Å²) in [5, 5.41) is 17.7. The summed E-state index contributed by atoms with van der Waals surface area (Å²) in [6.45, 7) is 3.07. The molecule has 1 aromatic carbocycles. The summed E-state index contributed by atoms with van der Waals surface area (Å²) in [6, 6.07) is 4.90. The van der Waals surface area contributed by atoms with E-state index >= 15 is 0 Å². The number of carboxylic acid groups (broad SMARTS) is 2. The van der Waals surface area contributed by atoms with E-state index in [-0.39, 0.29) is 6.61 Å². The maximum absolute atomic E-state index is 11.1. The van der Waals surface area contributed by atoms with Crippen LogP contribution in [0.5, 0.6) is 11.5 Å². The van der Waals surface area contributed by atoms with Gasteiger partial charge in [-0.2, -0.15) is 0 Å². The molecule has 1 aromatic rings. The maximum atomic E-state index is 11.1. The molecule has 0 saturated carbocycles. The predicted octanol–water partition coefficient (Wildman–Crippen LogP) is 2.28. The van der Waals surface area contributed by atoms with E-state index in [9.17, 15) is 9.59 Å². The molecular formula is C15H18O6. The lowest BCUT2D eigenvalue weighted by Gasteiger charge is -2.20. The minimum atomic E-state index is -1.06. The molecular weight excluding hydrogens is 276 g/mol. The fraction of sp³-hybridized carbons (Fsp3) is 0.333. The Labute approximate surface area is 122 Å². The third-order valence-corrected chi connectivity index (χ3v) is 2.77. The van der Waals surface area contributed by atoms with Gasteiger partial charge in [-0.05, 0) is 37.6 Å². The van der Waals surface area contributed by atoms with Crippen LogP contribution in [0.4, 0.5) is 0 Å². The molecule has 0 heterocycles. The van der Waals surface area contributed by atoms with Crippen molar-refractivity contribution in [2.45, 2.75) is 13.8 Å². The minimum Gasteiger partial charge on any atom is -0.493 e. The molecule has 1 rings (SSSR count). The van der Waals surface area contributed by atoms with Crippen LogP contribution in [0, 0.1) is 5.41 Å². The predicted molar refractivity (Wildman–Crippen MR) is 76.6 cm³/mol. The average Bonchev–Trinajstić information content (AvgIpc) is 2.42. The second-order valence-electron chi connectivity index (χ2n) is 5.06. The van der Waals surface area contributed by atoms with Gasteiger partial charge in [0.15, 0.2) is 11.5 Å². The quantitative estimate of drug-likeness (QED) is 0.749. The number of ether oxygens (including phenoxy) is 2. The molecule has 0 spiro atoms. The molecule has 0 fully saturated rings. The standard InChI is InChI=1S/C15H18O6/c1-15(2,14(18)19)9-21-12-8-10(5-7-13(16)17)4-6-11(12)20-3/h4-8H,9H2,1-3H3,(H,16,17)(H,18,19). The second-order valence-corrected chi connectivity index (χ2v) is 5.06. The SMILES string of the molecule is COc1ccc(C=CC(=O)O)cc1OCC(C)(C)C(=O)O. The summed E-state index contributed by atoms with van der Waals surface area (Å²) >= 11 is 0. The highest BCUT2D eigenvalue weighted by Crippen LogP contribution is 2.30. The highest BCUT2D eigenvalue weighted by Gasteiger charge is 2.28. The van der Waals surface area contributed by atoms with Crippen LogP contribution in [-0.2, 0) is 9.59 Å². The van der Waals surface area contributed by atoms with Gasteiger partial charge in [0.2, 0.25) is 0 Å². The monoisotopic (exact) mass is 294 g/mol. The first-order valence-electron chi connectivity index (χ1n) is 6.21. The number of benzene rings is 1. The molecule has 0 aliphatic heterocycles. The Bertz CT molecular complexity index is 559. The van der Waals surface area contributed by atoms with Gasteiger partial charge in [-0.3, -0.25) is 4.79 Å². The van der Waals surface area contributed by atoms with Gasteiger partial charge >= 0.3 is 11.9 Å². The Kier molecular flexibility index (Phi) is 5.35. The van der Waals surface area contributed by atoms with Crippen LogP contribution in [0.2, 0.25) is 0 Å². The fourth-order valence-electron chi connectivity index (χ4n) is 1.40. The van der Waals surface area contributed by atoms with Crippen molar-refractivity contribution in [2.24, 2.45) is 5.41 Å². The van der Waals surface area contributed by atoms with Crippen molar-refractivity contribution in [3.63, 3.8) is 0 Å². The number of carbonyl (C=O) groups is 2. The largest absolute Gasteiger partial charge is 0.493 e. The number of methoxy groups -OCH3 is 1. The summed E-state index contributed by atoms with van der Waals surface area (Å²) < 4.78 is 10.7. The van der Waals surface area contributed by atoms with Crippen LogP contribution in [0.25, 0.3) is 6.08 Å². The lowest BCUT2D eigenvalue weighted by molar-refractivity contribution is -0.148. The summed E-state index contributed by atoms with van der Waals surface area (Å²) in [5.41, 5.74) is -0.431. The Morgan fingerprint density at radius 2 is 1.90 bits per heavy atom. The summed E-state index contributed by atoms with van der Waals surface area (Å²) in [4.78, 5) is 21.6. The second kappa shape index (κ2) is 6.78. The zero-order valence-corrected chi connectivity index (χ0v) is 12.1. The van der Waals surface area contributed by atoms with Crippen LogP contribution in [0.15, 0.2) is 24.3 Å². The zero-order chi connectivity index (χ0) is 16.0. The fourth-order valence-corrected chi connectivity index (χ4v) is 1.40. The number of aliphatic carboxylic acids is 2. The van der Waals surface area contributed by atoms with Crippen molar-refractivity contribution in [3.05, 3.63) is 29.8 Å². The molecule has 0 aromatic heterocycles. The number of carboxylic acids is 2. The minimum absolute atomic E-state index is 0.0369. The molecule has 0 atom stereocenters. The van der Waals surface area contributed by atoms with Crippen molar-refractivity contribution in [3.8, 4) is 11.5 Å². The Morgan fingerprint density at radius 3 is 2.43 bits per heavy atom. The number of hydrogen-bond donors (Lipinski definition) is 2. The number of hydrogen-bond acceptors (Lipinski definition) is 4. The van der Waals surface area contributed by atoms with Gasteiger partial charge in [-0.1, -0.05) is 6.07 Å². The van der Waals surface area contributed by atoms with Crippen molar-refractivity contribution < 1.29 is 29.3 Å². The lowest BCUT2D eigenvalue weighted by atomic mass is 9.95. The van der Waals surface area contributed by atoms with Gasteiger partial charge in [-0.25, -0.2) is 4.79 Å². The van der Waals surface area contributed by atoms with E-state index in [2.05, 4.69) is 0 Å². The molecule has 0 aliphatic carbocycles. The van der Waals surface area contributed by atoms with Gasteiger partial charge in [0.1, 0.15) is 6.61 Å². The van der Waals surface area contributed by atoms with Gasteiger partial charge in [-0.15, -0.1) is 0 Å². The molecule has 114 valence electrons. The van der Waals surface area contributed by atoms with E-state index in [1.807, 2.05) is 0 Å². The molecule has 0 unspecified atom stereocenters. The summed E-state index contributed by atoms with van der Waals surface area (Å²) in [7, 11) is 1.47. The van der Waals surface area contributed by atoms with E-state index in [4.69, 9.17) is 19.7 Å². The third kappa shape index (κ3) is 4.83. The van der Waals surface area contributed by atoms with Crippen LogP contribution in [-0.4, -0.2) is 35.9 Å². The van der Waals surface area contributed by atoms with E-state index in [0.29, 0.717) is 17.1 Å². The first-order valence-corrected chi connectivity index (χ1v) is 6.21. The van der Waals surface area contributed by atoms with E-state index in [0.717, 1.165) is 6.08 Å². The molecule has 21 heavy (non-hydrogen) atoms. The van der Waals surface area contributed by atoms with Crippen LogP contribution < -0.4 is 9.47 Å². The molecule has 2 N–H and O–H groups in total. The first kappa shape index (κ1) is 16.6. The van der Waals surface area contributed by atoms with Crippen molar-refractivity contribution >= 4 is 18.0 Å². The van der Waals surface area contributed by atoms with E-state index in [1.54, 1.807) is 32.0 Å². The normalized spacial score (nSPS) is 11.4. The summed E-state index contributed by atoms with van der Waals surface area (Å²) in [5.74, 6) is -1.22. The van der Waals surface area contributed by atoms with Gasteiger partial charge in [0.25, 0.3) is 0 Å². The lowest BCUT2D eigenvalue weighted by Crippen LogP contribution is -2.30. The van der Waals surface area contributed by atoms with Crippen molar-refractivity contribution in [1.29, 1.82) is 0 Å². The van der Waals surface area contributed by atoms with Crippen LogP contribution in [0.1, 0.15) is 19.4 Å². The van der Waals surface area contributed by atoms with E-state index < -0.39 is 17.4 Å². The van der Waals surface area contributed by atoms with Gasteiger partial charge in [0, 0.05) is 6.08 Å². The van der Waals surface area contributed by atoms with Gasteiger partial charge < -0.3 is 19.7 Å². The molecule has 0 bridgehead atoms. The molecule has 0 amide bonds. The van der Waals surface area contributed by atoms with Crippen molar-refractivity contribution in [1.82, 2.24) is 0 Å². The smallest absolute Gasteiger partial charge is 0.328 e.